The molecule has 0 atom stereocenters. The Morgan fingerprint density at radius 1 is 0.763 bits per heavy atom. The van der Waals surface area contributed by atoms with E-state index in [9.17, 15) is 8.42 Å². The van der Waals surface area contributed by atoms with Crippen LogP contribution in [0.2, 0.25) is 0 Å². The highest BCUT2D eigenvalue weighted by Crippen LogP contribution is 2.44. The zero-order valence-electron chi connectivity index (χ0n) is 21.2. The summed E-state index contributed by atoms with van der Waals surface area (Å²) in [6.45, 7) is 4.47. The third kappa shape index (κ3) is 4.81. The van der Waals surface area contributed by atoms with Gasteiger partial charge < -0.3 is 9.30 Å². The second-order valence-electron chi connectivity index (χ2n) is 8.97. The molecule has 190 valence electrons. The number of sulfone groups is 1. The summed E-state index contributed by atoms with van der Waals surface area (Å²) in [5, 5.41) is 0. The highest BCUT2D eigenvalue weighted by atomic mass is 32.2. The Morgan fingerprint density at radius 2 is 1.32 bits per heavy atom. The lowest BCUT2D eigenvalue weighted by Crippen LogP contribution is -2.07. The van der Waals surface area contributed by atoms with Gasteiger partial charge in [0.2, 0.25) is 9.84 Å². The summed E-state index contributed by atoms with van der Waals surface area (Å²) in [6, 6.07) is 36.2. The molecule has 0 radical (unpaired) electrons. The average molecular weight is 520 g/mol. The fourth-order valence-electron chi connectivity index (χ4n) is 4.87. The van der Waals surface area contributed by atoms with Crippen LogP contribution in [-0.2, 0) is 22.8 Å². The SMILES string of the molecule is C=CCn1c(Cc2ccccc2)c(-c2ccccc2)c(S(=O)(=O)c2ccc(OC)cc2)c1-c1ccccc1. The third-order valence-electron chi connectivity index (χ3n) is 6.60. The van der Waals surface area contributed by atoms with E-state index in [1.807, 2.05) is 84.9 Å². The minimum Gasteiger partial charge on any atom is -0.497 e. The third-order valence-corrected chi connectivity index (χ3v) is 8.43. The number of rotatable bonds is 9. The molecular weight excluding hydrogens is 490 g/mol. The first-order valence-corrected chi connectivity index (χ1v) is 13.9. The van der Waals surface area contributed by atoms with E-state index in [0.29, 0.717) is 34.9 Å². The molecule has 0 N–H and O–H groups in total. The van der Waals surface area contributed by atoms with Gasteiger partial charge in [-0.15, -0.1) is 6.58 Å². The molecule has 5 rings (SSSR count). The molecular formula is C33H29NO3S. The molecule has 0 aliphatic carbocycles. The van der Waals surface area contributed by atoms with Gasteiger partial charge >= 0.3 is 0 Å². The second kappa shape index (κ2) is 11.0. The first-order chi connectivity index (χ1) is 18.5. The van der Waals surface area contributed by atoms with Gasteiger partial charge in [-0.25, -0.2) is 8.42 Å². The van der Waals surface area contributed by atoms with E-state index in [0.717, 1.165) is 22.4 Å². The quantitative estimate of drug-likeness (QED) is 0.190. The largest absolute Gasteiger partial charge is 0.497 e. The Labute approximate surface area is 224 Å². The van der Waals surface area contributed by atoms with Crippen molar-refractivity contribution in [2.75, 3.05) is 7.11 Å². The minimum atomic E-state index is -3.94. The zero-order chi connectivity index (χ0) is 26.5. The molecule has 5 heteroatoms. The van der Waals surface area contributed by atoms with Gasteiger partial charge in [-0.1, -0.05) is 97.1 Å². The Balaban J connectivity index is 1.91. The Morgan fingerprint density at radius 3 is 1.87 bits per heavy atom. The molecule has 4 aromatic carbocycles. The molecule has 4 nitrogen and oxygen atoms in total. The van der Waals surface area contributed by atoms with E-state index in [2.05, 4.69) is 23.3 Å². The van der Waals surface area contributed by atoms with Gasteiger partial charge in [0.25, 0.3) is 0 Å². The maximum Gasteiger partial charge on any atom is 0.209 e. The van der Waals surface area contributed by atoms with Gasteiger partial charge in [0.1, 0.15) is 10.6 Å². The van der Waals surface area contributed by atoms with Gasteiger partial charge in [-0.3, -0.25) is 0 Å². The molecule has 0 aliphatic heterocycles. The molecule has 0 saturated carbocycles. The number of hydrogen-bond donors (Lipinski definition) is 0. The standard InChI is InChI=1S/C33H29NO3S/c1-3-23-34-30(24-25-13-7-4-8-14-25)31(26-15-9-5-10-16-26)33(32(34)27-17-11-6-12-18-27)38(35,36)29-21-19-28(37-2)20-22-29/h3-22H,1,23-24H2,2H3. The van der Waals surface area contributed by atoms with Crippen LogP contribution < -0.4 is 4.74 Å². The van der Waals surface area contributed by atoms with Crippen LogP contribution in [0.3, 0.4) is 0 Å². The van der Waals surface area contributed by atoms with Crippen LogP contribution in [0.15, 0.2) is 138 Å². The summed E-state index contributed by atoms with van der Waals surface area (Å²) in [6.07, 6.45) is 2.39. The minimum absolute atomic E-state index is 0.217. The van der Waals surface area contributed by atoms with Crippen molar-refractivity contribution in [1.82, 2.24) is 4.57 Å². The average Bonchev–Trinajstić information content (AvgIpc) is 3.29. The van der Waals surface area contributed by atoms with Crippen molar-refractivity contribution >= 4 is 9.84 Å². The number of methoxy groups -OCH3 is 1. The zero-order valence-corrected chi connectivity index (χ0v) is 22.1. The number of benzene rings is 4. The van der Waals surface area contributed by atoms with Crippen molar-refractivity contribution < 1.29 is 13.2 Å². The maximum atomic E-state index is 14.6. The Bertz CT molecular complexity index is 1640. The second-order valence-corrected chi connectivity index (χ2v) is 10.9. The Hall–Kier alpha value is -4.35. The summed E-state index contributed by atoms with van der Waals surface area (Å²) < 4.78 is 36.5. The number of allylic oxidation sites excluding steroid dienone is 1. The number of hydrogen-bond acceptors (Lipinski definition) is 3. The molecule has 5 aromatic rings. The van der Waals surface area contributed by atoms with Crippen LogP contribution in [0.5, 0.6) is 5.75 Å². The van der Waals surface area contributed by atoms with Gasteiger partial charge in [0.05, 0.1) is 17.7 Å². The van der Waals surface area contributed by atoms with E-state index in [1.54, 1.807) is 31.4 Å². The lowest BCUT2D eigenvalue weighted by Gasteiger charge is -2.13. The number of ether oxygens (including phenoxy) is 1. The predicted molar refractivity (Wildman–Crippen MR) is 153 cm³/mol. The Kier molecular flexibility index (Phi) is 7.29. The van der Waals surface area contributed by atoms with Crippen molar-refractivity contribution in [2.45, 2.75) is 22.8 Å². The van der Waals surface area contributed by atoms with Crippen LogP contribution in [0.25, 0.3) is 22.4 Å². The van der Waals surface area contributed by atoms with Crippen molar-refractivity contribution in [1.29, 1.82) is 0 Å². The molecule has 0 aliphatic rings. The van der Waals surface area contributed by atoms with E-state index in [1.165, 1.54) is 0 Å². The highest BCUT2D eigenvalue weighted by Gasteiger charge is 2.33. The summed E-state index contributed by atoms with van der Waals surface area (Å²) >= 11 is 0. The van der Waals surface area contributed by atoms with Crippen LogP contribution >= 0.6 is 0 Å². The summed E-state index contributed by atoms with van der Waals surface area (Å²) in [5.74, 6) is 0.601. The van der Waals surface area contributed by atoms with Crippen LogP contribution in [0.4, 0.5) is 0 Å². The monoisotopic (exact) mass is 519 g/mol. The van der Waals surface area contributed by atoms with Crippen molar-refractivity contribution in [2.24, 2.45) is 0 Å². The van der Waals surface area contributed by atoms with E-state index < -0.39 is 9.84 Å². The molecule has 1 aromatic heterocycles. The molecule has 0 saturated heterocycles. The molecule has 1 heterocycles. The van der Waals surface area contributed by atoms with Gasteiger partial charge in [-0.05, 0) is 41.0 Å². The maximum absolute atomic E-state index is 14.6. The van der Waals surface area contributed by atoms with E-state index >= 15 is 0 Å². The molecule has 0 spiro atoms. The molecule has 38 heavy (non-hydrogen) atoms. The molecule has 0 amide bonds. The highest BCUT2D eigenvalue weighted by molar-refractivity contribution is 7.91. The lowest BCUT2D eigenvalue weighted by molar-refractivity contribution is 0.414. The smallest absolute Gasteiger partial charge is 0.209 e. The van der Waals surface area contributed by atoms with Crippen LogP contribution in [-0.4, -0.2) is 20.1 Å². The van der Waals surface area contributed by atoms with E-state index in [4.69, 9.17) is 4.74 Å². The summed E-state index contributed by atoms with van der Waals surface area (Å²) in [5.41, 5.74) is 5.08. The van der Waals surface area contributed by atoms with E-state index in [-0.39, 0.29) is 4.90 Å². The van der Waals surface area contributed by atoms with Crippen molar-refractivity contribution in [3.05, 3.63) is 139 Å². The summed E-state index contributed by atoms with van der Waals surface area (Å²) in [4.78, 5) is 0.516. The number of aromatic nitrogens is 1. The first-order valence-electron chi connectivity index (χ1n) is 12.4. The van der Waals surface area contributed by atoms with Crippen LogP contribution in [0, 0.1) is 0 Å². The fraction of sp³-hybridized carbons (Fsp3) is 0.0909. The van der Waals surface area contributed by atoms with Gasteiger partial charge in [0, 0.05) is 24.2 Å². The van der Waals surface area contributed by atoms with Gasteiger partial charge in [0.15, 0.2) is 0 Å². The molecule has 0 bridgehead atoms. The van der Waals surface area contributed by atoms with Crippen molar-refractivity contribution in [3.8, 4) is 28.1 Å². The summed E-state index contributed by atoms with van der Waals surface area (Å²) in [7, 11) is -2.38. The number of nitrogens with zero attached hydrogens (tertiary/aromatic N) is 1. The van der Waals surface area contributed by atoms with Crippen molar-refractivity contribution in [3.63, 3.8) is 0 Å². The topological polar surface area (TPSA) is 48.3 Å². The predicted octanol–water partition coefficient (Wildman–Crippen LogP) is 7.44. The van der Waals surface area contributed by atoms with Crippen LogP contribution in [0.1, 0.15) is 11.3 Å². The first kappa shape index (κ1) is 25.3. The fourth-order valence-corrected chi connectivity index (χ4v) is 6.58. The normalized spacial score (nSPS) is 11.3. The van der Waals surface area contributed by atoms with Gasteiger partial charge in [-0.2, -0.15) is 0 Å². The molecule has 0 unspecified atom stereocenters. The lowest BCUT2D eigenvalue weighted by atomic mass is 10.0. The molecule has 0 fully saturated rings.